The maximum atomic E-state index is 13.3. The van der Waals surface area contributed by atoms with Crippen LogP contribution < -0.4 is 5.32 Å². The van der Waals surface area contributed by atoms with E-state index >= 15 is 0 Å². The zero-order valence-corrected chi connectivity index (χ0v) is 18.3. The molecule has 1 aliphatic carbocycles. The molecule has 0 saturated carbocycles. The summed E-state index contributed by atoms with van der Waals surface area (Å²) in [6.07, 6.45) is 5.92. The molecule has 156 valence electrons. The molecule has 5 rings (SSSR count). The number of carbonyl (C=O) groups excluding carboxylic acids is 2. The van der Waals surface area contributed by atoms with Gasteiger partial charge >= 0.3 is 0 Å². The summed E-state index contributed by atoms with van der Waals surface area (Å²) in [5, 5.41) is 12.6. The quantitative estimate of drug-likeness (QED) is 0.344. The summed E-state index contributed by atoms with van der Waals surface area (Å²) in [7, 11) is 0. The Hall–Kier alpha value is -2.97. The number of thioether (sulfide) groups is 1. The molecule has 0 fully saturated rings. The average Bonchev–Trinajstić information content (AvgIpc) is 3.38. The van der Waals surface area contributed by atoms with Crippen LogP contribution in [0.5, 0.6) is 0 Å². The zero-order valence-electron chi connectivity index (χ0n) is 16.7. The Morgan fingerprint density at radius 1 is 1.03 bits per heavy atom. The Bertz CT molecular complexity index is 1260. The number of ketones is 1. The van der Waals surface area contributed by atoms with Gasteiger partial charge in [-0.05, 0) is 43.4 Å². The molecule has 1 aliphatic rings. The van der Waals surface area contributed by atoms with Gasteiger partial charge in [-0.3, -0.25) is 14.0 Å². The van der Waals surface area contributed by atoms with E-state index in [9.17, 15) is 9.59 Å². The highest BCUT2D eigenvalue weighted by Crippen LogP contribution is 2.39. The van der Waals surface area contributed by atoms with E-state index in [0.717, 1.165) is 36.9 Å². The second-order valence-corrected chi connectivity index (χ2v) is 9.41. The molecule has 3 heterocycles. The number of nitrogens with zero attached hydrogens (tertiary/aromatic N) is 3. The summed E-state index contributed by atoms with van der Waals surface area (Å²) >= 11 is 2.87. The third-order valence-corrected chi connectivity index (χ3v) is 7.45. The highest BCUT2D eigenvalue weighted by atomic mass is 32.2. The van der Waals surface area contributed by atoms with Crippen LogP contribution in [-0.2, 0) is 17.6 Å². The van der Waals surface area contributed by atoms with Gasteiger partial charge in [-0.2, -0.15) is 0 Å². The van der Waals surface area contributed by atoms with Gasteiger partial charge in [0.05, 0.1) is 11.3 Å². The van der Waals surface area contributed by atoms with Crippen molar-refractivity contribution >= 4 is 45.4 Å². The summed E-state index contributed by atoms with van der Waals surface area (Å²) in [4.78, 5) is 27.3. The molecule has 0 saturated heterocycles. The molecule has 0 bridgehead atoms. The topological polar surface area (TPSA) is 76.4 Å². The van der Waals surface area contributed by atoms with Gasteiger partial charge < -0.3 is 5.32 Å². The lowest BCUT2D eigenvalue weighted by Crippen LogP contribution is -2.16. The van der Waals surface area contributed by atoms with Gasteiger partial charge in [-0.15, -0.1) is 21.5 Å². The van der Waals surface area contributed by atoms with Crippen molar-refractivity contribution in [3.8, 4) is 0 Å². The van der Waals surface area contributed by atoms with Crippen molar-refractivity contribution in [1.82, 2.24) is 14.6 Å². The van der Waals surface area contributed by atoms with Gasteiger partial charge in [-0.1, -0.05) is 48.2 Å². The molecule has 8 heteroatoms. The third kappa shape index (κ3) is 4.00. The molecule has 1 amide bonds. The van der Waals surface area contributed by atoms with Crippen LogP contribution in [0.2, 0.25) is 0 Å². The molecule has 6 nitrogen and oxygen atoms in total. The average molecular weight is 449 g/mol. The van der Waals surface area contributed by atoms with Crippen molar-refractivity contribution in [1.29, 1.82) is 0 Å². The standard InChI is InChI=1S/C23H20N4O2S2/c28-19(14-30-23-26-25-18-12-6-7-13-27(18)23)24-22-20(16-10-4-5-11-17(16)31-22)21(29)15-8-2-1-3-9-15/h1-3,6-9,12-13H,4-5,10-11,14H2,(H,24,28). The van der Waals surface area contributed by atoms with E-state index in [1.54, 1.807) is 11.3 Å². The first-order chi connectivity index (χ1) is 15.2. The van der Waals surface area contributed by atoms with Crippen molar-refractivity contribution in [2.24, 2.45) is 0 Å². The summed E-state index contributed by atoms with van der Waals surface area (Å²) in [6, 6.07) is 14.9. The second-order valence-electron chi connectivity index (χ2n) is 7.36. The SMILES string of the molecule is O=C(CSc1nnc2ccccn12)Nc1sc2c(c1C(=O)c1ccccc1)CCCC2. The largest absolute Gasteiger partial charge is 0.316 e. The summed E-state index contributed by atoms with van der Waals surface area (Å²) in [5.74, 6) is 0.0156. The van der Waals surface area contributed by atoms with Crippen molar-refractivity contribution in [3.63, 3.8) is 0 Å². The van der Waals surface area contributed by atoms with E-state index in [1.807, 2.05) is 59.1 Å². The molecule has 4 aromatic rings. The highest BCUT2D eigenvalue weighted by Gasteiger charge is 2.27. The number of aryl methyl sites for hydroxylation is 1. The van der Waals surface area contributed by atoms with Crippen LogP contribution in [0.1, 0.15) is 39.2 Å². The Morgan fingerprint density at radius 3 is 2.71 bits per heavy atom. The van der Waals surface area contributed by atoms with Crippen molar-refractivity contribution in [2.75, 3.05) is 11.1 Å². The second kappa shape index (κ2) is 8.64. The van der Waals surface area contributed by atoms with Crippen LogP contribution >= 0.6 is 23.1 Å². The number of nitrogens with one attached hydrogen (secondary N) is 1. The number of carbonyl (C=O) groups is 2. The molecule has 0 unspecified atom stereocenters. The molecule has 0 radical (unpaired) electrons. The van der Waals surface area contributed by atoms with Gasteiger partial charge in [0.1, 0.15) is 5.00 Å². The number of anilines is 1. The number of fused-ring (bicyclic) bond motifs is 2. The van der Waals surface area contributed by atoms with Crippen LogP contribution in [0.4, 0.5) is 5.00 Å². The fourth-order valence-corrected chi connectivity index (χ4v) is 5.87. The minimum absolute atomic E-state index is 0.0218. The van der Waals surface area contributed by atoms with Gasteiger partial charge in [0.15, 0.2) is 16.6 Å². The molecule has 0 spiro atoms. The van der Waals surface area contributed by atoms with E-state index in [1.165, 1.54) is 16.6 Å². The number of hydrogen-bond donors (Lipinski definition) is 1. The van der Waals surface area contributed by atoms with Crippen LogP contribution in [0.3, 0.4) is 0 Å². The fourth-order valence-electron chi connectivity index (χ4n) is 3.84. The normalized spacial score (nSPS) is 13.2. The predicted octanol–water partition coefficient (Wildman–Crippen LogP) is 4.63. The Morgan fingerprint density at radius 2 is 1.84 bits per heavy atom. The van der Waals surface area contributed by atoms with Crippen LogP contribution in [0.25, 0.3) is 5.65 Å². The number of thiophene rings is 1. The Labute approximate surface area is 187 Å². The molecule has 1 aromatic carbocycles. The summed E-state index contributed by atoms with van der Waals surface area (Å²) < 4.78 is 1.85. The van der Waals surface area contributed by atoms with E-state index in [2.05, 4.69) is 15.5 Å². The zero-order chi connectivity index (χ0) is 21.2. The lowest BCUT2D eigenvalue weighted by Gasteiger charge is -2.12. The minimum atomic E-state index is -0.154. The van der Waals surface area contributed by atoms with E-state index in [-0.39, 0.29) is 17.4 Å². The first-order valence-corrected chi connectivity index (χ1v) is 12.0. The minimum Gasteiger partial charge on any atom is -0.316 e. The Kier molecular flexibility index (Phi) is 5.57. The number of pyridine rings is 1. The van der Waals surface area contributed by atoms with Crippen molar-refractivity contribution < 1.29 is 9.59 Å². The maximum absolute atomic E-state index is 13.3. The maximum Gasteiger partial charge on any atom is 0.235 e. The molecule has 0 aliphatic heterocycles. The van der Waals surface area contributed by atoms with E-state index in [0.29, 0.717) is 21.3 Å². The van der Waals surface area contributed by atoms with E-state index in [4.69, 9.17) is 0 Å². The fraction of sp³-hybridized carbons (Fsp3) is 0.217. The molecule has 31 heavy (non-hydrogen) atoms. The number of aromatic nitrogens is 3. The molecular formula is C23H20N4O2S2. The van der Waals surface area contributed by atoms with Gasteiger partial charge in [-0.25, -0.2) is 0 Å². The predicted molar refractivity (Wildman–Crippen MR) is 123 cm³/mol. The summed E-state index contributed by atoms with van der Waals surface area (Å²) in [5.41, 5.74) is 3.16. The number of amides is 1. The lowest BCUT2D eigenvalue weighted by atomic mass is 9.92. The highest BCUT2D eigenvalue weighted by molar-refractivity contribution is 7.99. The van der Waals surface area contributed by atoms with Gasteiger partial charge in [0, 0.05) is 16.6 Å². The number of rotatable bonds is 6. The van der Waals surface area contributed by atoms with Crippen LogP contribution in [0.15, 0.2) is 59.9 Å². The number of benzene rings is 1. The first kappa shape index (κ1) is 20.0. The smallest absolute Gasteiger partial charge is 0.235 e. The Balaban J connectivity index is 1.37. The molecular weight excluding hydrogens is 428 g/mol. The number of hydrogen-bond acceptors (Lipinski definition) is 6. The monoisotopic (exact) mass is 448 g/mol. The van der Waals surface area contributed by atoms with Crippen LogP contribution in [0, 0.1) is 0 Å². The van der Waals surface area contributed by atoms with Gasteiger partial charge in [0.2, 0.25) is 5.91 Å². The van der Waals surface area contributed by atoms with Crippen molar-refractivity contribution in [2.45, 2.75) is 30.8 Å². The first-order valence-electron chi connectivity index (χ1n) is 10.2. The van der Waals surface area contributed by atoms with Crippen molar-refractivity contribution in [3.05, 3.63) is 76.3 Å². The van der Waals surface area contributed by atoms with Crippen LogP contribution in [-0.4, -0.2) is 32.0 Å². The third-order valence-electron chi connectivity index (χ3n) is 5.30. The molecule has 1 N–H and O–H groups in total. The van der Waals surface area contributed by atoms with E-state index < -0.39 is 0 Å². The molecule has 3 aromatic heterocycles. The lowest BCUT2D eigenvalue weighted by molar-refractivity contribution is -0.113. The van der Waals surface area contributed by atoms with Gasteiger partial charge in [0.25, 0.3) is 0 Å². The summed E-state index contributed by atoms with van der Waals surface area (Å²) in [6.45, 7) is 0. The molecule has 0 atom stereocenters.